The van der Waals surface area contributed by atoms with E-state index >= 15 is 0 Å². The van der Waals surface area contributed by atoms with Crippen molar-refractivity contribution in [3.8, 4) is 16.4 Å². The first-order valence-corrected chi connectivity index (χ1v) is 8.02. The van der Waals surface area contributed by atoms with E-state index in [4.69, 9.17) is 0 Å². The number of hydrogen-bond donors (Lipinski definition) is 2. The fourth-order valence-electron chi connectivity index (χ4n) is 2.17. The number of hydrogen-bond acceptors (Lipinski definition) is 6. The zero-order valence-electron chi connectivity index (χ0n) is 12.5. The lowest BCUT2D eigenvalue weighted by Gasteiger charge is -2.03. The van der Waals surface area contributed by atoms with Gasteiger partial charge in [0.25, 0.3) is 5.91 Å². The van der Waals surface area contributed by atoms with Crippen molar-refractivity contribution < 1.29 is 9.18 Å². The van der Waals surface area contributed by atoms with Crippen molar-refractivity contribution in [1.29, 1.82) is 0 Å². The highest BCUT2D eigenvalue weighted by Crippen LogP contribution is 2.25. The van der Waals surface area contributed by atoms with Gasteiger partial charge in [-0.25, -0.2) is 19.2 Å². The number of aromatic nitrogens is 6. The zero-order valence-corrected chi connectivity index (χ0v) is 13.4. The van der Waals surface area contributed by atoms with E-state index < -0.39 is 5.91 Å². The van der Waals surface area contributed by atoms with Gasteiger partial charge in [0.2, 0.25) is 11.8 Å². The van der Waals surface area contributed by atoms with Gasteiger partial charge in [0.15, 0.2) is 5.82 Å². The van der Waals surface area contributed by atoms with Crippen LogP contribution < -0.4 is 5.32 Å². The van der Waals surface area contributed by atoms with Gasteiger partial charge in [0.05, 0.1) is 10.6 Å². The molecule has 1 aromatic carbocycles. The number of thiophene rings is 1. The fourth-order valence-corrected chi connectivity index (χ4v) is 2.86. The van der Waals surface area contributed by atoms with Crippen molar-refractivity contribution in [2.75, 3.05) is 5.32 Å². The second kappa shape index (κ2) is 6.24. The first kappa shape index (κ1) is 15.1. The number of nitrogens with one attached hydrogen (secondary N) is 2. The van der Waals surface area contributed by atoms with Crippen LogP contribution in [0.3, 0.4) is 0 Å². The molecule has 0 aliphatic heterocycles. The lowest BCUT2D eigenvalue weighted by atomic mass is 10.3. The number of carbonyl (C=O) groups is 1. The molecule has 0 unspecified atom stereocenters. The minimum atomic E-state index is -0.532. The van der Waals surface area contributed by atoms with Gasteiger partial charge in [0.1, 0.15) is 12.1 Å². The van der Waals surface area contributed by atoms with Crippen LogP contribution in [0.4, 0.5) is 10.3 Å². The second-order valence-corrected chi connectivity index (χ2v) is 5.86. The van der Waals surface area contributed by atoms with Crippen molar-refractivity contribution in [3.63, 3.8) is 0 Å². The minimum absolute atomic E-state index is 0.0378. The quantitative estimate of drug-likeness (QED) is 0.586. The predicted octanol–water partition coefficient (Wildman–Crippen LogP) is 2.51. The monoisotopic (exact) mass is 355 g/mol. The summed E-state index contributed by atoms with van der Waals surface area (Å²) in [5.41, 5.74) is 0.594. The van der Waals surface area contributed by atoms with Gasteiger partial charge in [-0.05, 0) is 35.7 Å². The average molecular weight is 355 g/mol. The van der Waals surface area contributed by atoms with Crippen molar-refractivity contribution in [2.45, 2.75) is 0 Å². The van der Waals surface area contributed by atoms with E-state index in [2.05, 4.69) is 30.6 Å². The third-order valence-corrected chi connectivity index (χ3v) is 4.14. The molecule has 0 bridgehead atoms. The van der Waals surface area contributed by atoms with Crippen LogP contribution in [0.2, 0.25) is 0 Å². The zero-order chi connectivity index (χ0) is 17.2. The van der Waals surface area contributed by atoms with E-state index in [1.807, 2.05) is 17.5 Å². The Balaban J connectivity index is 1.75. The van der Waals surface area contributed by atoms with E-state index in [9.17, 15) is 9.18 Å². The number of H-pyrrole nitrogens is 1. The molecule has 124 valence electrons. The molecule has 0 aliphatic rings. The van der Waals surface area contributed by atoms with Gasteiger partial charge in [-0.1, -0.05) is 6.07 Å². The number of carbonyl (C=O) groups excluding carboxylic acids is 1. The van der Waals surface area contributed by atoms with Crippen molar-refractivity contribution in [3.05, 3.63) is 59.7 Å². The molecule has 0 fully saturated rings. The lowest BCUT2D eigenvalue weighted by Crippen LogP contribution is -2.15. The Bertz CT molecular complexity index is 993. The largest absolute Gasteiger partial charge is 0.297 e. The molecule has 0 saturated carbocycles. The van der Waals surface area contributed by atoms with Crippen molar-refractivity contribution >= 4 is 23.2 Å². The molecule has 25 heavy (non-hydrogen) atoms. The molecule has 0 atom stereocenters. The maximum Gasteiger partial charge on any atom is 0.297 e. The summed E-state index contributed by atoms with van der Waals surface area (Å²) in [5.74, 6) is -0.241. The minimum Gasteiger partial charge on any atom is -0.288 e. The number of anilines is 1. The van der Waals surface area contributed by atoms with Crippen LogP contribution in [0, 0.1) is 5.82 Å². The average Bonchev–Trinajstić information content (AvgIpc) is 3.36. The van der Waals surface area contributed by atoms with E-state index in [0.717, 1.165) is 4.88 Å². The summed E-state index contributed by atoms with van der Waals surface area (Å²) in [6, 6.07) is 9.52. The van der Waals surface area contributed by atoms with E-state index in [1.165, 1.54) is 34.5 Å². The SMILES string of the molecule is O=C(Nc1ncn[nH]1)c1nc(-c2cccs2)n(-c2ccc(F)cc2)n1. The molecule has 4 rings (SSSR count). The van der Waals surface area contributed by atoms with Crippen LogP contribution in [-0.2, 0) is 0 Å². The summed E-state index contributed by atoms with van der Waals surface area (Å²) < 4.78 is 14.7. The summed E-state index contributed by atoms with van der Waals surface area (Å²) in [6.45, 7) is 0. The molecule has 2 N–H and O–H groups in total. The Kier molecular flexibility index (Phi) is 3.78. The highest BCUT2D eigenvalue weighted by atomic mass is 32.1. The van der Waals surface area contributed by atoms with Crippen LogP contribution in [-0.4, -0.2) is 35.9 Å². The molecule has 8 nitrogen and oxygen atoms in total. The number of amides is 1. The standard InChI is InChI=1S/C15H10FN7OS/c16-9-3-5-10(6-4-9)23-13(11-2-1-7-25-11)19-12(22-23)14(24)20-15-17-8-18-21-15/h1-8H,(H2,17,18,20,21,24). The molecule has 3 heterocycles. The normalized spacial score (nSPS) is 10.8. The number of halogens is 1. The molecular formula is C15H10FN7OS. The van der Waals surface area contributed by atoms with E-state index in [0.29, 0.717) is 11.5 Å². The summed E-state index contributed by atoms with van der Waals surface area (Å²) in [7, 11) is 0. The van der Waals surface area contributed by atoms with E-state index in [1.54, 1.807) is 12.1 Å². The maximum absolute atomic E-state index is 13.2. The first-order valence-electron chi connectivity index (χ1n) is 7.14. The lowest BCUT2D eigenvalue weighted by molar-refractivity contribution is 0.101. The molecule has 0 radical (unpaired) electrons. The Labute approximate surface area is 144 Å². The Morgan fingerprint density at radius 2 is 2.08 bits per heavy atom. The Morgan fingerprint density at radius 3 is 2.76 bits per heavy atom. The number of benzene rings is 1. The first-order chi connectivity index (χ1) is 12.2. The summed E-state index contributed by atoms with van der Waals surface area (Å²) in [4.78, 5) is 21.3. The Hall–Kier alpha value is -3.40. The van der Waals surface area contributed by atoms with Gasteiger partial charge < -0.3 is 0 Å². The number of aromatic amines is 1. The molecule has 0 aliphatic carbocycles. The van der Waals surface area contributed by atoms with Crippen molar-refractivity contribution in [2.24, 2.45) is 0 Å². The van der Waals surface area contributed by atoms with Gasteiger partial charge in [-0.2, -0.15) is 10.1 Å². The molecule has 1 amide bonds. The number of nitrogens with zero attached hydrogens (tertiary/aromatic N) is 5. The maximum atomic E-state index is 13.2. The van der Waals surface area contributed by atoms with Gasteiger partial charge in [-0.3, -0.25) is 10.1 Å². The molecule has 0 saturated heterocycles. The third kappa shape index (κ3) is 3.02. The molecule has 0 spiro atoms. The van der Waals surface area contributed by atoms with Crippen LogP contribution in [0.25, 0.3) is 16.4 Å². The van der Waals surface area contributed by atoms with Crippen LogP contribution in [0.15, 0.2) is 48.1 Å². The highest BCUT2D eigenvalue weighted by Gasteiger charge is 2.20. The van der Waals surface area contributed by atoms with Crippen LogP contribution in [0.1, 0.15) is 10.6 Å². The van der Waals surface area contributed by atoms with Gasteiger partial charge in [0, 0.05) is 0 Å². The second-order valence-electron chi connectivity index (χ2n) is 4.91. The summed E-state index contributed by atoms with van der Waals surface area (Å²) in [5, 5.41) is 14.9. The summed E-state index contributed by atoms with van der Waals surface area (Å²) >= 11 is 1.46. The third-order valence-electron chi connectivity index (χ3n) is 3.27. The number of rotatable bonds is 4. The molecule has 10 heteroatoms. The molecular weight excluding hydrogens is 345 g/mol. The molecule has 4 aromatic rings. The predicted molar refractivity (Wildman–Crippen MR) is 89.0 cm³/mol. The smallest absolute Gasteiger partial charge is 0.288 e. The van der Waals surface area contributed by atoms with Crippen LogP contribution >= 0.6 is 11.3 Å². The van der Waals surface area contributed by atoms with Gasteiger partial charge in [-0.15, -0.1) is 16.4 Å². The topological polar surface area (TPSA) is 101 Å². The van der Waals surface area contributed by atoms with Crippen molar-refractivity contribution in [1.82, 2.24) is 29.9 Å². The van der Waals surface area contributed by atoms with E-state index in [-0.39, 0.29) is 17.6 Å². The fraction of sp³-hybridized carbons (Fsp3) is 0. The van der Waals surface area contributed by atoms with Gasteiger partial charge >= 0.3 is 0 Å². The molecule has 3 aromatic heterocycles. The Morgan fingerprint density at radius 1 is 1.24 bits per heavy atom. The highest BCUT2D eigenvalue weighted by molar-refractivity contribution is 7.13. The van der Waals surface area contributed by atoms with Crippen LogP contribution in [0.5, 0.6) is 0 Å². The summed E-state index contributed by atoms with van der Waals surface area (Å²) in [6.07, 6.45) is 1.28.